The molecule has 34 heavy (non-hydrogen) atoms. The molecule has 8 heteroatoms. The van der Waals surface area contributed by atoms with Crippen molar-refractivity contribution in [2.24, 2.45) is 0 Å². The fourth-order valence-electron chi connectivity index (χ4n) is 4.94. The highest BCUT2D eigenvalue weighted by atomic mass is 32.2. The molecule has 5 rings (SSSR count). The number of hydrogen-bond donors (Lipinski definition) is 0. The Balaban J connectivity index is 1.73. The summed E-state index contributed by atoms with van der Waals surface area (Å²) in [5.41, 5.74) is 2.96. The highest BCUT2D eigenvalue weighted by molar-refractivity contribution is 7.91. The number of hydrogen-bond acceptors (Lipinski definition) is 6. The lowest BCUT2D eigenvalue weighted by atomic mass is 9.96. The van der Waals surface area contributed by atoms with E-state index in [-0.39, 0.29) is 28.3 Å². The van der Waals surface area contributed by atoms with Gasteiger partial charge in [-0.15, -0.1) is 0 Å². The van der Waals surface area contributed by atoms with Gasteiger partial charge in [-0.25, -0.2) is 8.42 Å². The second-order valence-corrected chi connectivity index (χ2v) is 11.4. The number of ether oxygens (including phenoxy) is 1. The van der Waals surface area contributed by atoms with E-state index in [1.54, 1.807) is 12.1 Å². The van der Waals surface area contributed by atoms with Crippen LogP contribution < -0.4 is 10.2 Å². The fourth-order valence-corrected chi connectivity index (χ4v) is 6.65. The molecule has 0 radical (unpaired) electrons. The first kappa shape index (κ1) is 22.7. The lowest BCUT2D eigenvalue weighted by Gasteiger charge is -2.30. The first-order valence-corrected chi connectivity index (χ1v) is 13.4. The van der Waals surface area contributed by atoms with Gasteiger partial charge in [0.2, 0.25) is 5.76 Å². The normalized spacial score (nSPS) is 21.3. The molecule has 1 aromatic heterocycles. The molecule has 2 atom stereocenters. The molecule has 1 fully saturated rings. The summed E-state index contributed by atoms with van der Waals surface area (Å²) in [6.07, 6.45) is 1.17. The Bertz CT molecular complexity index is 1470. The monoisotopic (exact) mass is 481 g/mol. The molecular formula is C26H27NO6S. The summed E-state index contributed by atoms with van der Waals surface area (Å²) < 4.78 is 36.4. The number of aryl methyl sites for hydroxylation is 2. The number of carbonyl (C=O) groups excluding carboxylic acids is 1. The van der Waals surface area contributed by atoms with Crippen molar-refractivity contribution in [3.63, 3.8) is 0 Å². The average Bonchev–Trinajstić information content (AvgIpc) is 3.30. The van der Waals surface area contributed by atoms with E-state index in [9.17, 15) is 18.0 Å². The standard InChI is InChI=1S/C26H27NO6S/c1-4-9-32-19-7-5-6-17(13-19)23-22-24(28)20-11-15(2)16(3)12-21(20)33-25(22)26(29)27(23)18-8-10-34(30,31)14-18/h5-7,11-13,18,23H,4,8-10,14H2,1-3H3. The second-order valence-electron chi connectivity index (χ2n) is 9.20. The van der Waals surface area contributed by atoms with Gasteiger partial charge in [0.1, 0.15) is 11.3 Å². The van der Waals surface area contributed by atoms with Gasteiger partial charge in [0.15, 0.2) is 15.3 Å². The molecule has 3 aromatic rings. The van der Waals surface area contributed by atoms with Crippen LogP contribution in [0.1, 0.15) is 58.6 Å². The number of sulfone groups is 1. The highest BCUT2D eigenvalue weighted by Gasteiger charge is 2.48. The van der Waals surface area contributed by atoms with Crippen molar-refractivity contribution in [1.29, 1.82) is 0 Å². The quantitative estimate of drug-likeness (QED) is 0.548. The Morgan fingerprint density at radius 1 is 1.12 bits per heavy atom. The molecule has 0 aliphatic carbocycles. The van der Waals surface area contributed by atoms with Gasteiger partial charge in [-0.05, 0) is 67.6 Å². The summed E-state index contributed by atoms with van der Waals surface area (Å²) >= 11 is 0. The van der Waals surface area contributed by atoms with Gasteiger partial charge in [-0.2, -0.15) is 0 Å². The predicted octanol–water partition coefficient (Wildman–Crippen LogP) is 3.93. The van der Waals surface area contributed by atoms with Crippen LogP contribution in [-0.2, 0) is 9.84 Å². The summed E-state index contributed by atoms with van der Waals surface area (Å²) in [7, 11) is -3.26. The van der Waals surface area contributed by atoms with Crippen molar-refractivity contribution in [1.82, 2.24) is 4.90 Å². The number of fused-ring (bicyclic) bond motifs is 2. The van der Waals surface area contributed by atoms with Crippen LogP contribution in [0.25, 0.3) is 11.0 Å². The minimum absolute atomic E-state index is 0.00469. The molecule has 2 aliphatic heterocycles. The lowest BCUT2D eigenvalue weighted by Crippen LogP contribution is -2.40. The van der Waals surface area contributed by atoms with Gasteiger partial charge in [-0.3, -0.25) is 9.59 Å². The maximum atomic E-state index is 13.8. The number of nitrogens with zero attached hydrogens (tertiary/aromatic N) is 1. The minimum Gasteiger partial charge on any atom is -0.494 e. The fraction of sp³-hybridized carbons (Fsp3) is 0.385. The van der Waals surface area contributed by atoms with E-state index in [0.717, 1.165) is 17.5 Å². The zero-order valence-corrected chi connectivity index (χ0v) is 20.3. The van der Waals surface area contributed by atoms with Crippen molar-refractivity contribution < 1.29 is 22.4 Å². The third-order valence-corrected chi connectivity index (χ3v) is 8.52. The molecule has 3 heterocycles. The van der Waals surface area contributed by atoms with E-state index < -0.39 is 27.8 Å². The van der Waals surface area contributed by atoms with Gasteiger partial charge in [0.05, 0.1) is 35.1 Å². The Labute approximate surface area is 198 Å². The molecule has 1 amide bonds. The highest BCUT2D eigenvalue weighted by Crippen LogP contribution is 2.42. The van der Waals surface area contributed by atoms with E-state index in [1.165, 1.54) is 4.90 Å². The minimum atomic E-state index is -3.26. The van der Waals surface area contributed by atoms with Crippen molar-refractivity contribution in [2.45, 2.75) is 45.7 Å². The van der Waals surface area contributed by atoms with Crippen LogP contribution in [0.3, 0.4) is 0 Å². The predicted molar refractivity (Wildman–Crippen MR) is 129 cm³/mol. The molecule has 1 saturated heterocycles. The van der Waals surface area contributed by atoms with E-state index >= 15 is 0 Å². The topological polar surface area (TPSA) is 93.9 Å². The SMILES string of the molecule is CCCOc1cccc(C2c3c(oc4cc(C)c(C)cc4c3=O)C(=O)N2C2CCS(=O)(=O)C2)c1. The molecule has 7 nitrogen and oxygen atoms in total. The largest absolute Gasteiger partial charge is 0.494 e. The first-order valence-electron chi connectivity index (χ1n) is 11.5. The van der Waals surface area contributed by atoms with Gasteiger partial charge >= 0.3 is 0 Å². The van der Waals surface area contributed by atoms with Crippen molar-refractivity contribution in [3.8, 4) is 5.75 Å². The summed E-state index contributed by atoms with van der Waals surface area (Å²) in [4.78, 5) is 29.0. The maximum Gasteiger partial charge on any atom is 0.291 e. The van der Waals surface area contributed by atoms with Gasteiger partial charge in [0.25, 0.3) is 5.91 Å². The van der Waals surface area contributed by atoms with E-state index in [4.69, 9.17) is 9.15 Å². The molecule has 2 aromatic carbocycles. The van der Waals surface area contributed by atoms with Crippen LogP contribution in [0.15, 0.2) is 45.6 Å². The molecule has 0 spiro atoms. The Morgan fingerprint density at radius 3 is 2.59 bits per heavy atom. The molecular weight excluding hydrogens is 454 g/mol. The van der Waals surface area contributed by atoms with E-state index in [1.807, 2.05) is 45.0 Å². The van der Waals surface area contributed by atoms with Gasteiger partial charge in [0, 0.05) is 6.04 Å². The number of carbonyl (C=O) groups is 1. The summed E-state index contributed by atoms with van der Waals surface area (Å²) in [5, 5.41) is 0.416. The van der Waals surface area contributed by atoms with Gasteiger partial charge in [-0.1, -0.05) is 19.1 Å². The zero-order chi connectivity index (χ0) is 24.2. The van der Waals surface area contributed by atoms with Crippen molar-refractivity contribution >= 4 is 26.7 Å². The molecule has 2 unspecified atom stereocenters. The van der Waals surface area contributed by atoms with Crippen molar-refractivity contribution in [2.75, 3.05) is 18.1 Å². The summed E-state index contributed by atoms with van der Waals surface area (Å²) in [6, 6.07) is 9.61. The summed E-state index contributed by atoms with van der Waals surface area (Å²) in [5.74, 6) is 0.0811. The third-order valence-electron chi connectivity index (χ3n) is 6.77. The van der Waals surface area contributed by atoms with Crippen LogP contribution in [0.5, 0.6) is 5.75 Å². The first-order chi connectivity index (χ1) is 16.2. The molecule has 178 valence electrons. The zero-order valence-electron chi connectivity index (χ0n) is 19.5. The number of rotatable bonds is 5. The Hall–Kier alpha value is -3.13. The lowest BCUT2D eigenvalue weighted by molar-refractivity contribution is 0.0662. The molecule has 2 aliphatic rings. The second kappa shape index (κ2) is 8.27. The average molecular weight is 482 g/mol. The Morgan fingerprint density at radius 2 is 1.88 bits per heavy atom. The molecule has 0 N–H and O–H groups in total. The van der Waals surface area contributed by atoms with Gasteiger partial charge < -0.3 is 14.1 Å². The van der Waals surface area contributed by atoms with E-state index in [2.05, 4.69) is 0 Å². The summed E-state index contributed by atoms with van der Waals surface area (Å²) in [6.45, 7) is 6.40. The van der Waals surface area contributed by atoms with Crippen molar-refractivity contribution in [3.05, 3.63) is 74.6 Å². The molecule has 0 bridgehead atoms. The molecule has 0 saturated carbocycles. The number of benzene rings is 2. The van der Waals surface area contributed by atoms with E-state index in [0.29, 0.717) is 35.3 Å². The van der Waals surface area contributed by atoms with Crippen LogP contribution in [0.4, 0.5) is 0 Å². The number of amides is 1. The maximum absolute atomic E-state index is 13.8. The third kappa shape index (κ3) is 3.70. The Kier molecular flexibility index (Phi) is 5.51. The van der Waals surface area contributed by atoms with Crippen LogP contribution >= 0.6 is 0 Å². The smallest absolute Gasteiger partial charge is 0.291 e. The van der Waals surface area contributed by atoms with Crippen LogP contribution in [0, 0.1) is 13.8 Å². The van der Waals surface area contributed by atoms with Crippen LogP contribution in [0.2, 0.25) is 0 Å². The van der Waals surface area contributed by atoms with Crippen LogP contribution in [-0.4, -0.2) is 43.4 Å².